The van der Waals surface area contributed by atoms with Gasteiger partial charge in [0.25, 0.3) is 0 Å². The van der Waals surface area contributed by atoms with Crippen LogP contribution in [0.15, 0.2) is 18.2 Å². The van der Waals surface area contributed by atoms with Crippen LogP contribution in [0, 0.1) is 17.1 Å². The van der Waals surface area contributed by atoms with Crippen molar-refractivity contribution in [2.45, 2.75) is 13.3 Å². The van der Waals surface area contributed by atoms with Gasteiger partial charge in [-0.25, -0.2) is 4.39 Å². The summed E-state index contributed by atoms with van der Waals surface area (Å²) in [6.45, 7) is 3.73. The summed E-state index contributed by atoms with van der Waals surface area (Å²) < 4.78 is 23.6. The molecule has 0 spiro atoms. The Morgan fingerprint density at radius 3 is 2.81 bits per heavy atom. The third kappa shape index (κ3) is 3.87. The summed E-state index contributed by atoms with van der Waals surface area (Å²) in [6.07, 6.45) is 0.759. The van der Waals surface area contributed by atoms with Gasteiger partial charge in [0.2, 0.25) is 0 Å². The van der Waals surface area contributed by atoms with Gasteiger partial charge in [-0.3, -0.25) is 0 Å². The van der Waals surface area contributed by atoms with Crippen molar-refractivity contribution in [3.63, 3.8) is 0 Å². The van der Waals surface area contributed by atoms with Crippen molar-refractivity contribution >= 4 is 0 Å². The molecule has 0 amide bonds. The second-order valence-electron chi connectivity index (χ2n) is 3.15. The fourth-order valence-electron chi connectivity index (χ4n) is 1.17. The van der Waals surface area contributed by atoms with E-state index in [4.69, 9.17) is 14.7 Å². The van der Waals surface area contributed by atoms with Crippen LogP contribution in [0.5, 0.6) is 5.75 Å². The zero-order chi connectivity index (χ0) is 11.8. The average Bonchev–Trinajstić information content (AvgIpc) is 2.29. The maximum Gasteiger partial charge on any atom is 0.144 e. The molecule has 0 bridgehead atoms. The van der Waals surface area contributed by atoms with Crippen molar-refractivity contribution in [1.29, 1.82) is 5.26 Å². The topological polar surface area (TPSA) is 42.2 Å². The summed E-state index contributed by atoms with van der Waals surface area (Å²) in [5, 5.41) is 8.54. The number of hydrogen-bond donors (Lipinski definition) is 0. The van der Waals surface area contributed by atoms with Gasteiger partial charge >= 0.3 is 0 Å². The van der Waals surface area contributed by atoms with Gasteiger partial charge in [0, 0.05) is 25.7 Å². The maximum absolute atomic E-state index is 13.2. The van der Waals surface area contributed by atoms with E-state index in [-0.39, 0.29) is 5.56 Å². The Morgan fingerprint density at radius 1 is 1.38 bits per heavy atom. The molecule has 0 saturated heterocycles. The lowest BCUT2D eigenvalue weighted by Gasteiger charge is -2.06. The average molecular weight is 223 g/mol. The highest BCUT2D eigenvalue weighted by molar-refractivity contribution is 5.36. The molecule has 1 aromatic rings. The van der Waals surface area contributed by atoms with Crippen molar-refractivity contribution in [1.82, 2.24) is 0 Å². The number of halogens is 1. The normalized spacial score (nSPS) is 9.81. The molecule has 3 nitrogen and oxygen atoms in total. The van der Waals surface area contributed by atoms with Crippen molar-refractivity contribution in [3.05, 3.63) is 29.6 Å². The summed E-state index contributed by atoms with van der Waals surface area (Å²) >= 11 is 0. The molecule has 0 N–H and O–H groups in total. The van der Waals surface area contributed by atoms with Gasteiger partial charge in [0.15, 0.2) is 0 Å². The number of hydrogen-bond acceptors (Lipinski definition) is 3. The molecule has 0 saturated carbocycles. The smallest absolute Gasteiger partial charge is 0.144 e. The largest absolute Gasteiger partial charge is 0.493 e. The Labute approximate surface area is 94.4 Å². The molecular formula is C12H14FNO2. The number of rotatable bonds is 6. The van der Waals surface area contributed by atoms with E-state index in [1.807, 2.05) is 6.92 Å². The van der Waals surface area contributed by atoms with E-state index in [2.05, 4.69) is 0 Å². The maximum atomic E-state index is 13.2. The molecule has 16 heavy (non-hydrogen) atoms. The Hall–Kier alpha value is -1.60. The Balaban J connectivity index is 2.38. The summed E-state index contributed by atoms with van der Waals surface area (Å²) in [6, 6.07) is 5.97. The standard InChI is InChI=1S/C12H14FNO2/c1-2-15-6-3-7-16-11-5-4-10(9-14)12(13)8-11/h4-5,8H,2-3,6-7H2,1H3. The Bertz CT molecular complexity index is 374. The molecule has 86 valence electrons. The van der Waals surface area contributed by atoms with Crippen LogP contribution in [0.2, 0.25) is 0 Å². The highest BCUT2D eigenvalue weighted by atomic mass is 19.1. The van der Waals surface area contributed by atoms with E-state index in [9.17, 15) is 4.39 Å². The van der Waals surface area contributed by atoms with Gasteiger partial charge in [-0.15, -0.1) is 0 Å². The summed E-state index contributed by atoms with van der Waals surface area (Å²) in [7, 11) is 0. The van der Waals surface area contributed by atoms with Gasteiger partial charge in [-0.05, 0) is 19.1 Å². The fraction of sp³-hybridized carbons (Fsp3) is 0.417. The van der Waals surface area contributed by atoms with Crippen LogP contribution in [-0.2, 0) is 4.74 Å². The van der Waals surface area contributed by atoms with Gasteiger partial charge in [-0.1, -0.05) is 0 Å². The van der Waals surface area contributed by atoms with E-state index in [0.29, 0.717) is 25.6 Å². The quantitative estimate of drug-likeness (QED) is 0.696. The van der Waals surface area contributed by atoms with Crippen LogP contribution in [-0.4, -0.2) is 19.8 Å². The van der Waals surface area contributed by atoms with Crippen LogP contribution in [0.25, 0.3) is 0 Å². The third-order valence-corrected chi connectivity index (χ3v) is 1.97. The van der Waals surface area contributed by atoms with Crippen LogP contribution in [0.3, 0.4) is 0 Å². The van der Waals surface area contributed by atoms with Gasteiger partial charge in [-0.2, -0.15) is 5.26 Å². The number of nitrogens with zero attached hydrogens (tertiary/aromatic N) is 1. The van der Waals surface area contributed by atoms with E-state index < -0.39 is 5.82 Å². The molecule has 0 aliphatic heterocycles. The Morgan fingerprint density at radius 2 is 2.19 bits per heavy atom. The van der Waals surface area contributed by atoms with Crippen LogP contribution in [0.1, 0.15) is 18.9 Å². The first-order chi connectivity index (χ1) is 7.77. The molecule has 0 atom stereocenters. The molecule has 1 rings (SSSR count). The Kier molecular flexibility index (Phi) is 5.30. The highest BCUT2D eigenvalue weighted by Crippen LogP contribution is 2.15. The molecule has 4 heteroatoms. The first-order valence-electron chi connectivity index (χ1n) is 5.18. The zero-order valence-electron chi connectivity index (χ0n) is 9.20. The van der Waals surface area contributed by atoms with Crippen LogP contribution >= 0.6 is 0 Å². The lowest BCUT2D eigenvalue weighted by atomic mass is 10.2. The number of ether oxygens (including phenoxy) is 2. The van der Waals surface area contributed by atoms with Gasteiger partial charge < -0.3 is 9.47 Å². The van der Waals surface area contributed by atoms with Crippen LogP contribution in [0.4, 0.5) is 4.39 Å². The summed E-state index contributed by atoms with van der Waals surface area (Å²) in [4.78, 5) is 0. The molecule has 1 aromatic carbocycles. The SMILES string of the molecule is CCOCCCOc1ccc(C#N)c(F)c1. The third-order valence-electron chi connectivity index (χ3n) is 1.97. The molecule has 0 radical (unpaired) electrons. The van der Waals surface area contributed by atoms with Gasteiger partial charge in [0.1, 0.15) is 17.6 Å². The monoisotopic (exact) mass is 223 g/mol. The first kappa shape index (κ1) is 12.5. The molecule has 0 aliphatic rings. The molecule has 0 aromatic heterocycles. The van der Waals surface area contributed by atoms with E-state index in [1.54, 1.807) is 12.1 Å². The minimum Gasteiger partial charge on any atom is -0.493 e. The summed E-state index contributed by atoms with van der Waals surface area (Å²) in [5.41, 5.74) is 0.0293. The highest BCUT2D eigenvalue weighted by Gasteiger charge is 2.02. The van der Waals surface area contributed by atoms with Crippen molar-refractivity contribution in [3.8, 4) is 11.8 Å². The van der Waals surface area contributed by atoms with Gasteiger partial charge in [0.05, 0.1) is 12.2 Å². The van der Waals surface area contributed by atoms with E-state index >= 15 is 0 Å². The second kappa shape index (κ2) is 6.81. The minimum atomic E-state index is -0.551. The number of benzene rings is 1. The second-order valence-corrected chi connectivity index (χ2v) is 3.15. The predicted octanol–water partition coefficient (Wildman–Crippen LogP) is 2.50. The van der Waals surface area contributed by atoms with E-state index in [0.717, 1.165) is 6.42 Å². The predicted molar refractivity (Wildman–Crippen MR) is 57.7 cm³/mol. The summed E-state index contributed by atoms with van der Waals surface area (Å²) in [5.74, 6) is -0.113. The molecule has 0 unspecified atom stereocenters. The molecule has 0 aliphatic carbocycles. The number of nitriles is 1. The van der Waals surface area contributed by atoms with Crippen molar-refractivity contribution in [2.75, 3.05) is 19.8 Å². The molecular weight excluding hydrogens is 209 g/mol. The first-order valence-corrected chi connectivity index (χ1v) is 5.18. The minimum absolute atomic E-state index is 0.0293. The molecule has 0 fully saturated rings. The van der Waals surface area contributed by atoms with E-state index in [1.165, 1.54) is 12.1 Å². The fourth-order valence-corrected chi connectivity index (χ4v) is 1.17. The lowest BCUT2D eigenvalue weighted by Crippen LogP contribution is -2.03. The van der Waals surface area contributed by atoms with Crippen molar-refractivity contribution < 1.29 is 13.9 Å². The molecule has 0 heterocycles. The van der Waals surface area contributed by atoms with Crippen LogP contribution < -0.4 is 4.74 Å². The lowest BCUT2D eigenvalue weighted by molar-refractivity contribution is 0.131. The van der Waals surface area contributed by atoms with Crippen molar-refractivity contribution in [2.24, 2.45) is 0 Å². The zero-order valence-corrected chi connectivity index (χ0v) is 9.20.